The van der Waals surface area contributed by atoms with E-state index in [0.717, 1.165) is 25.9 Å². The number of hydrogen-bond donors (Lipinski definition) is 1. The summed E-state index contributed by atoms with van der Waals surface area (Å²) in [4.78, 5) is 38.7. The van der Waals surface area contributed by atoms with Gasteiger partial charge in [-0.15, -0.1) is 0 Å². The van der Waals surface area contributed by atoms with Crippen LogP contribution in [0.2, 0.25) is 0 Å². The van der Waals surface area contributed by atoms with Crippen LogP contribution in [0.5, 0.6) is 0 Å². The number of fused-ring (bicyclic) bond motifs is 1. The predicted octanol–water partition coefficient (Wildman–Crippen LogP) is 1.15. The van der Waals surface area contributed by atoms with Crippen LogP contribution in [0.4, 0.5) is 0 Å². The molecule has 0 bridgehead atoms. The number of likely N-dealkylation sites (N-methyl/N-ethyl adjacent to an activating group) is 2. The zero-order valence-electron chi connectivity index (χ0n) is 16.6. The first-order chi connectivity index (χ1) is 12.8. The molecule has 27 heavy (non-hydrogen) atoms. The number of amides is 1. The lowest BCUT2D eigenvalue weighted by Crippen LogP contribution is -2.39. The van der Waals surface area contributed by atoms with E-state index in [1.54, 1.807) is 18.0 Å². The summed E-state index contributed by atoms with van der Waals surface area (Å²) in [6.45, 7) is 2.03. The Morgan fingerprint density at radius 1 is 1.22 bits per heavy atom. The number of carbonyl (C=O) groups is 1. The minimum absolute atomic E-state index is 0.0304. The van der Waals surface area contributed by atoms with Crippen LogP contribution < -0.4 is 5.56 Å². The number of hydrogen-bond acceptors (Lipinski definition) is 5. The molecule has 7 nitrogen and oxygen atoms in total. The van der Waals surface area contributed by atoms with Crippen LogP contribution in [0.25, 0.3) is 10.9 Å². The van der Waals surface area contributed by atoms with Gasteiger partial charge in [0.15, 0.2) is 0 Å². The number of rotatable bonds is 4. The molecule has 1 aromatic heterocycles. The number of nitrogens with one attached hydrogen (secondary N) is 1. The Bertz CT molecular complexity index is 863. The lowest BCUT2D eigenvalue weighted by atomic mass is 10.00. The molecule has 1 aromatic carbocycles. The van der Waals surface area contributed by atoms with E-state index in [4.69, 9.17) is 0 Å². The summed E-state index contributed by atoms with van der Waals surface area (Å²) in [7, 11) is 8.04. The van der Waals surface area contributed by atoms with Gasteiger partial charge in [-0.3, -0.25) is 9.59 Å². The molecule has 0 radical (unpaired) electrons. The quantitative estimate of drug-likeness (QED) is 0.873. The number of benzene rings is 1. The van der Waals surface area contributed by atoms with Crippen molar-refractivity contribution >= 4 is 16.8 Å². The molecule has 0 unspecified atom stereocenters. The van der Waals surface area contributed by atoms with Crippen molar-refractivity contribution in [2.75, 3.05) is 41.3 Å². The highest BCUT2D eigenvalue weighted by Crippen LogP contribution is 2.20. The van der Waals surface area contributed by atoms with Gasteiger partial charge >= 0.3 is 0 Å². The van der Waals surface area contributed by atoms with Gasteiger partial charge in [-0.1, -0.05) is 12.1 Å². The van der Waals surface area contributed by atoms with E-state index in [2.05, 4.69) is 40.9 Å². The SMILES string of the molecule is CN1C[C@H](C(=O)N(C)Cc2nc3ccccc3c(=O)[nH]2)CC[C@H](N(C)C)C1. The van der Waals surface area contributed by atoms with Crippen molar-refractivity contribution in [1.29, 1.82) is 0 Å². The summed E-state index contributed by atoms with van der Waals surface area (Å²) in [5, 5.41) is 0.565. The smallest absolute Gasteiger partial charge is 0.258 e. The second-order valence-electron chi connectivity index (χ2n) is 7.84. The van der Waals surface area contributed by atoms with E-state index in [0.29, 0.717) is 29.3 Å². The molecule has 2 aromatic rings. The summed E-state index contributed by atoms with van der Waals surface area (Å²) >= 11 is 0. The Morgan fingerprint density at radius 3 is 2.70 bits per heavy atom. The maximum Gasteiger partial charge on any atom is 0.258 e. The largest absolute Gasteiger partial charge is 0.338 e. The molecule has 1 saturated heterocycles. The Kier molecular flexibility index (Phi) is 5.92. The number of aromatic nitrogens is 2. The van der Waals surface area contributed by atoms with Crippen molar-refractivity contribution in [3.63, 3.8) is 0 Å². The number of H-pyrrole nitrogens is 1. The third-order valence-electron chi connectivity index (χ3n) is 5.41. The average molecular weight is 371 g/mol. The predicted molar refractivity (Wildman–Crippen MR) is 107 cm³/mol. The second-order valence-corrected chi connectivity index (χ2v) is 7.84. The van der Waals surface area contributed by atoms with Crippen molar-refractivity contribution in [2.24, 2.45) is 5.92 Å². The molecule has 0 aliphatic carbocycles. The number of para-hydroxylation sites is 1. The molecule has 2 heterocycles. The number of likely N-dealkylation sites (tertiary alicyclic amines) is 1. The molecule has 1 N–H and O–H groups in total. The van der Waals surface area contributed by atoms with Crippen LogP contribution in [0.1, 0.15) is 18.7 Å². The molecule has 3 rings (SSSR count). The van der Waals surface area contributed by atoms with Crippen molar-refractivity contribution in [1.82, 2.24) is 24.7 Å². The monoisotopic (exact) mass is 371 g/mol. The van der Waals surface area contributed by atoms with Gasteiger partial charge in [0.1, 0.15) is 5.82 Å². The van der Waals surface area contributed by atoms with Gasteiger partial charge < -0.3 is 19.7 Å². The Hall–Kier alpha value is -2.25. The number of aromatic amines is 1. The van der Waals surface area contributed by atoms with Crippen LogP contribution in [0.15, 0.2) is 29.1 Å². The molecule has 1 aliphatic rings. The summed E-state index contributed by atoms with van der Waals surface area (Å²) in [6, 6.07) is 7.71. The van der Waals surface area contributed by atoms with E-state index < -0.39 is 0 Å². The summed E-state index contributed by atoms with van der Waals surface area (Å²) in [5.74, 6) is 0.594. The molecule has 0 spiro atoms. The standard InChI is InChI=1S/C20H29N5O2/c1-23(2)15-10-9-14(11-24(3)12-15)20(27)25(4)13-18-21-17-8-6-5-7-16(17)19(26)22-18/h5-8,14-15H,9-13H2,1-4H3,(H,21,22,26)/t14-,15+/m1/s1. The summed E-state index contributed by atoms with van der Waals surface area (Å²) in [6.07, 6.45) is 1.88. The van der Waals surface area contributed by atoms with Crippen LogP contribution >= 0.6 is 0 Å². The summed E-state index contributed by atoms with van der Waals surface area (Å²) < 4.78 is 0. The second kappa shape index (κ2) is 8.19. The van der Waals surface area contributed by atoms with Crippen LogP contribution in [-0.2, 0) is 11.3 Å². The van der Waals surface area contributed by atoms with Gasteiger partial charge in [-0.2, -0.15) is 0 Å². The van der Waals surface area contributed by atoms with Crippen molar-refractivity contribution < 1.29 is 4.79 Å². The third-order valence-corrected chi connectivity index (χ3v) is 5.41. The zero-order chi connectivity index (χ0) is 19.6. The van der Waals surface area contributed by atoms with Gasteiger partial charge in [-0.05, 0) is 46.1 Å². The van der Waals surface area contributed by atoms with Crippen molar-refractivity contribution in [2.45, 2.75) is 25.4 Å². The van der Waals surface area contributed by atoms with Gasteiger partial charge in [-0.25, -0.2) is 4.98 Å². The van der Waals surface area contributed by atoms with Gasteiger partial charge in [0, 0.05) is 26.2 Å². The maximum absolute atomic E-state index is 13.0. The fourth-order valence-corrected chi connectivity index (χ4v) is 3.83. The molecular formula is C20H29N5O2. The first-order valence-electron chi connectivity index (χ1n) is 9.43. The molecular weight excluding hydrogens is 342 g/mol. The number of nitrogens with zero attached hydrogens (tertiary/aromatic N) is 4. The topological polar surface area (TPSA) is 72.5 Å². The Balaban J connectivity index is 1.71. The fourth-order valence-electron chi connectivity index (χ4n) is 3.83. The molecule has 7 heteroatoms. The van der Waals surface area contributed by atoms with Crippen molar-refractivity contribution in [3.05, 3.63) is 40.4 Å². The molecule has 2 atom stereocenters. The maximum atomic E-state index is 13.0. The first kappa shape index (κ1) is 19.5. The number of carbonyl (C=O) groups excluding carboxylic acids is 1. The highest BCUT2D eigenvalue weighted by atomic mass is 16.2. The van der Waals surface area contributed by atoms with E-state index in [1.165, 1.54) is 0 Å². The van der Waals surface area contributed by atoms with Crippen LogP contribution in [-0.4, -0.2) is 77.9 Å². The lowest BCUT2D eigenvalue weighted by Gasteiger charge is -2.26. The molecule has 1 fully saturated rings. The summed E-state index contributed by atoms with van der Waals surface area (Å²) in [5.41, 5.74) is 0.486. The van der Waals surface area contributed by atoms with Crippen LogP contribution in [0, 0.1) is 5.92 Å². The van der Waals surface area contributed by atoms with E-state index in [9.17, 15) is 9.59 Å². The third kappa shape index (κ3) is 4.54. The molecule has 146 valence electrons. The highest BCUT2D eigenvalue weighted by molar-refractivity contribution is 5.79. The normalized spacial score (nSPS) is 21.4. The fraction of sp³-hybridized carbons (Fsp3) is 0.550. The first-order valence-corrected chi connectivity index (χ1v) is 9.43. The highest BCUT2D eigenvalue weighted by Gasteiger charge is 2.29. The Morgan fingerprint density at radius 2 is 1.96 bits per heavy atom. The molecule has 0 saturated carbocycles. The Labute approximate surface area is 160 Å². The van der Waals surface area contributed by atoms with Crippen molar-refractivity contribution in [3.8, 4) is 0 Å². The molecule has 1 amide bonds. The lowest BCUT2D eigenvalue weighted by molar-refractivity contribution is -0.135. The van der Waals surface area contributed by atoms with E-state index in [-0.39, 0.29) is 17.4 Å². The zero-order valence-corrected chi connectivity index (χ0v) is 16.6. The van der Waals surface area contributed by atoms with Gasteiger partial charge in [0.05, 0.1) is 23.4 Å². The van der Waals surface area contributed by atoms with E-state index in [1.807, 2.05) is 18.2 Å². The minimum Gasteiger partial charge on any atom is -0.338 e. The van der Waals surface area contributed by atoms with E-state index >= 15 is 0 Å². The van der Waals surface area contributed by atoms with Gasteiger partial charge in [0.2, 0.25) is 5.91 Å². The molecule has 1 aliphatic heterocycles. The van der Waals surface area contributed by atoms with Gasteiger partial charge in [0.25, 0.3) is 5.56 Å². The van der Waals surface area contributed by atoms with Crippen LogP contribution in [0.3, 0.4) is 0 Å². The minimum atomic E-state index is -0.167. The average Bonchev–Trinajstić information content (AvgIpc) is 2.83.